The molecule has 12 heavy (non-hydrogen) atoms. The summed E-state index contributed by atoms with van der Waals surface area (Å²) in [5.74, 6) is 0. The highest BCUT2D eigenvalue weighted by Gasteiger charge is 1.96. The van der Waals surface area contributed by atoms with Crippen LogP contribution in [0.15, 0.2) is 24.3 Å². The zero-order valence-electron chi connectivity index (χ0n) is 7.26. The molecule has 0 saturated carbocycles. The minimum atomic E-state index is 0.310. The summed E-state index contributed by atoms with van der Waals surface area (Å²) in [5, 5.41) is 0. The molecule has 0 aliphatic carbocycles. The van der Waals surface area contributed by atoms with E-state index in [1.54, 1.807) is 0 Å². The van der Waals surface area contributed by atoms with E-state index in [1.807, 2.05) is 6.92 Å². The predicted molar refractivity (Wildman–Crippen MR) is 61.1 cm³/mol. The first-order valence-electron chi connectivity index (χ1n) is 4.18. The molecule has 0 aliphatic rings. The van der Waals surface area contributed by atoms with Gasteiger partial charge in [0.25, 0.3) is 0 Å². The van der Waals surface area contributed by atoms with Gasteiger partial charge in [-0.25, -0.2) is 0 Å². The van der Waals surface area contributed by atoms with Crippen LogP contribution < -0.4 is 5.73 Å². The van der Waals surface area contributed by atoms with Crippen molar-refractivity contribution < 1.29 is 0 Å². The third kappa shape index (κ3) is 3.54. The van der Waals surface area contributed by atoms with E-state index in [9.17, 15) is 0 Å². The Balaban J connectivity index is 2.48. The summed E-state index contributed by atoms with van der Waals surface area (Å²) >= 11 is 2.31. The van der Waals surface area contributed by atoms with Crippen LogP contribution in [0.2, 0.25) is 0 Å². The molecule has 0 spiro atoms. The van der Waals surface area contributed by atoms with Crippen molar-refractivity contribution in [3.05, 3.63) is 33.4 Å². The highest BCUT2D eigenvalue weighted by atomic mass is 127. The summed E-state index contributed by atoms with van der Waals surface area (Å²) < 4.78 is 1.29. The highest BCUT2D eigenvalue weighted by Crippen LogP contribution is 2.08. The number of nitrogens with two attached hydrogens (primary N) is 1. The average Bonchev–Trinajstić information content (AvgIpc) is 2.03. The molecule has 0 fully saturated rings. The van der Waals surface area contributed by atoms with E-state index in [-0.39, 0.29) is 0 Å². The van der Waals surface area contributed by atoms with Crippen molar-refractivity contribution in [1.82, 2.24) is 0 Å². The largest absolute Gasteiger partial charge is 0.328 e. The Labute approximate surface area is 87.5 Å². The van der Waals surface area contributed by atoms with Gasteiger partial charge in [-0.1, -0.05) is 12.1 Å². The third-order valence-corrected chi connectivity index (χ3v) is 2.52. The summed E-state index contributed by atoms with van der Waals surface area (Å²) in [7, 11) is 0. The van der Waals surface area contributed by atoms with Crippen LogP contribution in [0.1, 0.15) is 18.9 Å². The number of benzene rings is 1. The van der Waals surface area contributed by atoms with E-state index in [0.717, 1.165) is 12.8 Å². The van der Waals surface area contributed by atoms with E-state index >= 15 is 0 Å². The van der Waals surface area contributed by atoms with Crippen molar-refractivity contribution in [2.24, 2.45) is 5.73 Å². The number of halogens is 1. The second kappa shape index (κ2) is 4.82. The highest BCUT2D eigenvalue weighted by molar-refractivity contribution is 14.1. The monoisotopic (exact) mass is 275 g/mol. The molecule has 0 amide bonds. The second-order valence-corrected chi connectivity index (χ2v) is 4.39. The number of rotatable bonds is 3. The lowest BCUT2D eigenvalue weighted by Gasteiger charge is -2.04. The average molecular weight is 275 g/mol. The normalized spacial score (nSPS) is 12.9. The third-order valence-electron chi connectivity index (χ3n) is 1.80. The summed E-state index contributed by atoms with van der Waals surface area (Å²) in [5.41, 5.74) is 7.05. The number of hydrogen-bond donors (Lipinski definition) is 1. The van der Waals surface area contributed by atoms with Gasteiger partial charge in [0.2, 0.25) is 0 Å². The summed E-state index contributed by atoms with van der Waals surface area (Å²) in [6.07, 6.45) is 2.16. The van der Waals surface area contributed by atoms with Gasteiger partial charge in [-0.2, -0.15) is 0 Å². The molecule has 1 aromatic rings. The summed E-state index contributed by atoms with van der Waals surface area (Å²) in [6.45, 7) is 2.05. The van der Waals surface area contributed by atoms with Crippen molar-refractivity contribution in [3.63, 3.8) is 0 Å². The molecule has 0 aliphatic heterocycles. The molecule has 1 unspecified atom stereocenters. The Kier molecular flexibility index (Phi) is 4.01. The predicted octanol–water partition coefficient (Wildman–Crippen LogP) is 2.57. The molecule has 0 radical (unpaired) electrons. The Morgan fingerprint density at radius 3 is 2.42 bits per heavy atom. The fourth-order valence-electron chi connectivity index (χ4n) is 1.05. The minimum Gasteiger partial charge on any atom is -0.328 e. The molecule has 1 nitrogen and oxygen atoms in total. The molecule has 1 atom stereocenters. The van der Waals surface area contributed by atoms with E-state index in [0.29, 0.717) is 6.04 Å². The van der Waals surface area contributed by atoms with E-state index in [1.165, 1.54) is 9.13 Å². The standard InChI is InChI=1S/C10H14IN/c1-8(12)2-3-9-4-6-10(11)7-5-9/h4-8H,2-3,12H2,1H3. The number of hydrogen-bond acceptors (Lipinski definition) is 1. The molecular formula is C10H14IN. The molecule has 0 bridgehead atoms. The molecule has 2 N–H and O–H groups in total. The molecule has 0 aromatic heterocycles. The lowest BCUT2D eigenvalue weighted by Crippen LogP contribution is -2.15. The van der Waals surface area contributed by atoms with Crippen molar-refractivity contribution in [3.8, 4) is 0 Å². The molecule has 2 heteroatoms. The van der Waals surface area contributed by atoms with E-state index in [2.05, 4.69) is 46.9 Å². The van der Waals surface area contributed by atoms with Crippen LogP contribution in [0.25, 0.3) is 0 Å². The fraction of sp³-hybridized carbons (Fsp3) is 0.400. The zero-order chi connectivity index (χ0) is 8.97. The first-order valence-corrected chi connectivity index (χ1v) is 5.26. The molecule has 1 aromatic carbocycles. The molecule has 0 saturated heterocycles. The SMILES string of the molecule is CC(N)CCc1ccc(I)cc1. The van der Waals surface area contributed by atoms with Crippen LogP contribution in [-0.4, -0.2) is 6.04 Å². The van der Waals surface area contributed by atoms with Gasteiger partial charge in [0.1, 0.15) is 0 Å². The van der Waals surface area contributed by atoms with Crippen molar-refractivity contribution in [2.45, 2.75) is 25.8 Å². The van der Waals surface area contributed by atoms with Crippen LogP contribution in [0, 0.1) is 3.57 Å². The van der Waals surface area contributed by atoms with Gasteiger partial charge in [-0.15, -0.1) is 0 Å². The lowest BCUT2D eigenvalue weighted by atomic mass is 10.1. The molecule has 66 valence electrons. The smallest absolute Gasteiger partial charge is 0.0130 e. The Morgan fingerprint density at radius 2 is 1.92 bits per heavy atom. The Morgan fingerprint density at radius 1 is 1.33 bits per heavy atom. The topological polar surface area (TPSA) is 26.0 Å². The van der Waals surface area contributed by atoms with E-state index < -0.39 is 0 Å². The van der Waals surface area contributed by atoms with Gasteiger partial charge in [0.15, 0.2) is 0 Å². The van der Waals surface area contributed by atoms with Crippen molar-refractivity contribution in [1.29, 1.82) is 0 Å². The van der Waals surface area contributed by atoms with Gasteiger partial charge < -0.3 is 5.73 Å². The first kappa shape index (κ1) is 9.99. The number of aryl methyl sites for hydroxylation is 1. The van der Waals surface area contributed by atoms with Crippen molar-refractivity contribution in [2.75, 3.05) is 0 Å². The van der Waals surface area contributed by atoms with Gasteiger partial charge in [-0.3, -0.25) is 0 Å². The summed E-state index contributed by atoms with van der Waals surface area (Å²) in [4.78, 5) is 0. The second-order valence-electron chi connectivity index (χ2n) is 3.14. The van der Waals surface area contributed by atoms with Gasteiger partial charge >= 0.3 is 0 Å². The van der Waals surface area contributed by atoms with Gasteiger partial charge in [-0.05, 0) is 60.1 Å². The quantitative estimate of drug-likeness (QED) is 0.843. The minimum absolute atomic E-state index is 0.310. The van der Waals surface area contributed by atoms with Crippen LogP contribution >= 0.6 is 22.6 Å². The van der Waals surface area contributed by atoms with Crippen LogP contribution in [-0.2, 0) is 6.42 Å². The van der Waals surface area contributed by atoms with Gasteiger partial charge in [0.05, 0.1) is 0 Å². The van der Waals surface area contributed by atoms with Crippen molar-refractivity contribution >= 4 is 22.6 Å². The van der Waals surface area contributed by atoms with Crippen LogP contribution in [0.5, 0.6) is 0 Å². The maximum Gasteiger partial charge on any atom is 0.0130 e. The first-order chi connectivity index (χ1) is 5.68. The Bertz CT molecular complexity index is 228. The van der Waals surface area contributed by atoms with E-state index in [4.69, 9.17) is 5.73 Å². The maximum absolute atomic E-state index is 5.67. The molecule has 1 rings (SSSR count). The van der Waals surface area contributed by atoms with Gasteiger partial charge in [0, 0.05) is 9.61 Å². The lowest BCUT2D eigenvalue weighted by molar-refractivity contribution is 0.666. The fourth-order valence-corrected chi connectivity index (χ4v) is 1.40. The Hall–Kier alpha value is -0.0900. The zero-order valence-corrected chi connectivity index (χ0v) is 9.41. The maximum atomic E-state index is 5.67. The summed E-state index contributed by atoms with van der Waals surface area (Å²) in [6, 6.07) is 8.92. The molecular weight excluding hydrogens is 261 g/mol. The van der Waals surface area contributed by atoms with Crippen LogP contribution in [0.4, 0.5) is 0 Å². The molecule has 0 heterocycles. The van der Waals surface area contributed by atoms with Crippen LogP contribution in [0.3, 0.4) is 0 Å².